The Morgan fingerprint density at radius 1 is 1.26 bits per heavy atom. The molecule has 2 aromatic heterocycles. The number of carbonyl (C=O) groups is 1. The zero-order valence-corrected chi connectivity index (χ0v) is 14.9. The second kappa shape index (κ2) is 8.63. The number of carbonyl (C=O) groups excluding carboxylic acids is 1. The van der Waals surface area contributed by atoms with E-state index in [1.807, 2.05) is 24.4 Å². The minimum absolute atomic E-state index is 0.331. The standard InChI is InChI=1S/C20H19N5O2/c1-15(27-18-5-3-2-4-17(18)14-21)20(26)23-19-9-13-25(24-19)12-8-16-6-10-22-11-7-16/h2-7,9-11,13,15H,8,12H2,1H3,(H,23,24,26)/t15-/m0/s1. The first-order chi connectivity index (χ1) is 13.2. The van der Waals surface area contributed by atoms with Gasteiger partial charge in [-0.3, -0.25) is 14.5 Å². The molecule has 0 aliphatic heterocycles. The van der Waals surface area contributed by atoms with E-state index in [1.165, 1.54) is 5.56 Å². The predicted molar refractivity (Wildman–Crippen MR) is 100 cm³/mol. The number of benzene rings is 1. The Hall–Kier alpha value is -3.66. The van der Waals surface area contributed by atoms with Crippen molar-refractivity contribution < 1.29 is 9.53 Å². The van der Waals surface area contributed by atoms with Gasteiger partial charge in [0.25, 0.3) is 5.91 Å². The smallest absolute Gasteiger partial charge is 0.266 e. The summed E-state index contributed by atoms with van der Waals surface area (Å²) in [6.45, 7) is 2.32. The molecule has 136 valence electrons. The fourth-order valence-electron chi connectivity index (χ4n) is 2.48. The number of nitrogens with one attached hydrogen (secondary N) is 1. The van der Waals surface area contributed by atoms with Crippen LogP contribution in [-0.4, -0.2) is 26.8 Å². The first-order valence-electron chi connectivity index (χ1n) is 8.54. The molecular weight excluding hydrogens is 342 g/mol. The maximum absolute atomic E-state index is 12.3. The van der Waals surface area contributed by atoms with Gasteiger partial charge in [-0.25, -0.2) is 0 Å². The molecule has 3 aromatic rings. The van der Waals surface area contributed by atoms with Crippen LogP contribution in [0.4, 0.5) is 5.82 Å². The molecule has 1 amide bonds. The third-order valence-electron chi connectivity index (χ3n) is 3.95. The molecule has 1 aromatic carbocycles. The van der Waals surface area contributed by atoms with Crippen LogP contribution in [0.15, 0.2) is 61.1 Å². The van der Waals surface area contributed by atoms with E-state index < -0.39 is 6.10 Å². The summed E-state index contributed by atoms with van der Waals surface area (Å²) in [5.41, 5.74) is 1.56. The van der Waals surface area contributed by atoms with Crippen molar-refractivity contribution in [2.24, 2.45) is 0 Å². The maximum Gasteiger partial charge on any atom is 0.266 e. The van der Waals surface area contributed by atoms with E-state index in [0.29, 0.717) is 23.7 Å². The van der Waals surface area contributed by atoms with Gasteiger partial charge in [0.1, 0.15) is 11.8 Å². The quantitative estimate of drug-likeness (QED) is 0.698. The summed E-state index contributed by atoms with van der Waals surface area (Å²) >= 11 is 0. The van der Waals surface area contributed by atoms with Gasteiger partial charge in [0, 0.05) is 31.2 Å². The summed E-state index contributed by atoms with van der Waals surface area (Å²) in [7, 11) is 0. The monoisotopic (exact) mass is 361 g/mol. The lowest BCUT2D eigenvalue weighted by Crippen LogP contribution is -2.30. The van der Waals surface area contributed by atoms with Gasteiger partial charge in [0.15, 0.2) is 11.9 Å². The van der Waals surface area contributed by atoms with Gasteiger partial charge in [-0.15, -0.1) is 0 Å². The molecule has 0 radical (unpaired) electrons. The zero-order chi connectivity index (χ0) is 19.1. The number of nitriles is 1. The van der Waals surface area contributed by atoms with Gasteiger partial charge in [-0.2, -0.15) is 10.4 Å². The van der Waals surface area contributed by atoms with Gasteiger partial charge in [-0.05, 0) is 43.2 Å². The number of aryl methyl sites for hydroxylation is 2. The van der Waals surface area contributed by atoms with E-state index >= 15 is 0 Å². The lowest BCUT2D eigenvalue weighted by Gasteiger charge is -2.14. The number of anilines is 1. The van der Waals surface area contributed by atoms with Crippen LogP contribution in [0.5, 0.6) is 5.75 Å². The second-order valence-corrected chi connectivity index (χ2v) is 5.93. The number of ether oxygens (including phenoxy) is 1. The van der Waals surface area contributed by atoms with Crippen molar-refractivity contribution in [3.8, 4) is 11.8 Å². The number of nitrogens with zero attached hydrogens (tertiary/aromatic N) is 4. The Labute approximate surface area is 157 Å². The van der Waals surface area contributed by atoms with Gasteiger partial charge in [0.2, 0.25) is 0 Å². The summed E-state index contributed by atoms with van der Waals surface area (Å²) < 4.78 is 7.38. The molecular formula is C20H19N5O2. The Balaban J connectivity index is 1.55. The Morgan fingerprint density at radius 3 is 2.81 bits per heavy atom. The average molecular weight is 361 g/mol. The molecule has 1 N–H and O–H groups in total. The van der Waals surface area contributed by atoms with Crippen molar-refractivity contribution in [3.63, 3.8) is 0 Å². The summed E-state index contributed by atoms with van der Waals surface area (Å²) in [4.78, 5) is 16.3. The molecule has 27 heavy (non-hydrogen) atoms. The van der Waals surface area contributed by atoms with Crippen molar-refractivity contribution in [1.29, 1.82) is 5.26 Å². The number of hydrogen-bond acceptors (Lipinski definition) is 5. The number of rotatable bonds is 7. The van der Waals surface area contributed by atoms with Crippen molar-refractivity contribution in [2.75, 3.05) is 5.32 Å². The van der Waals surface area contributed by atoms with Crippen LogP contribution in [-0.2, 0) is 17.8 Å². The van der Waals surface area contributed by atoms with Crippen molar-refractivity contribution >= 4 is 11.7 Å². The summed E-state index contributed by atoms with van der Waals surface area (Å²) in [5.74, 6) is 0.506. The van der Waals surface area contributed by atoms with Crippen LogP contribution in [0.3, 0.4) is 0 Å². The second-order valence-electron chi connectivity index (χ2n) is 5.93. The molecule has 0 aliphatic rings. The summed E-state index contributed by atoms with van der Waals surface area (Å²) in [6, 6.07) is 14.5. The molecule has 0 fully saturated rings. The highest BCUT2D eigenvalue weighted by Crippen LogP contribution is 2.18. The van der Waals surface area contributed by atoms with Crippen molar-refractivity contribution in [2.45, 2.75) is 26.0 Å². The number of hydrogen-bond donors (Lipinski definition) is 1. The average Bonchev–Trinajstić information content (AvgIpc) is 3.15. The highest BCUT2D eigenvalue weighted by Gasteiger charge is 2.17. The van der Waals surface area contributed by atoms with E-state index in [2.05, 4.69) is 15.4 Å². The van der Waals surface area contributed by atoms with E-state index in [4.69, 9.17) is 10.00 Å². The molecule has 0 bridgehead atoms. The first kappa shape index (κ1) is 18.1. The Bertz CT molecular complexity index is 946. The number of pyridine rings is 1. The van der Waals surface area contributed by atoms with Crippen LogP contribution in [0.1, 0.15) is 18.1 Å². The maximum atomic E-state index is 12.3. The van der Waals surface area contributed by atoms with E-state index in [-0.39, 0.29) is 5.91 Å². The normalized spacial score (nSPS) is 11.4. The third kappa shape index (κ3) is 4.92. The zero-order valence-electron chi connectivity index (χ0n) is 14.9. The highest BCUT2D eigenvalue weighted by atomic mass is 16.5. The van der Waals surface area contributed by atoms with Gasteiger partial charge < -0.3 is 10.1 Å². The van der Waals surface area contributed by atoms with Crippen molar-refractivity contribution in [3.05, 3.63) is 72.2 Å². The minimum atomic E-state index is -0.763. The van der Waals surface area contributed by atoms with Crippen LogP contribution in [0.25, 0.3) is 0 Å². The highest BCUT2D eigenvalue weighted by molar-refractivity contribution is 5.93. The van der Waals surface area contributed by atoms with Gasteiger partial charge in [-0.1, -0.05) is 12.1 Å². The number of amides is 1. The molecule has 0 saturated carbocycles. The lowest BCUT2D eigenvalue weighted by molar-refractivity contribution is -0.122. The van der Waals surface area contributed by atoms with Gasteiger partial charge in [0.05, 0.1) is 5.56 Å². The third-order valence-corrected chi connectivity index (χ3v) is 3.95. The molecule has 2 heterocycles. The molecule has 7 heteroatoms. The first-order valence-corrected chi connectivity index (χ1v) is 8.54. The molecule has 3 rings (SSSR count). The number of aromatic nitrogens is 3. The van der Waals surface area contributed by atoms with Crippen molar-refractivity contribution in [1.82, 2.24) is 14.8 Å². The Morgan fingerprint density at radius 2 is 2.04 bits per heavy atom. The Kier molecular flexibility index (Phi) is 5.80. The van der Waals surface area contributed by atoms with E-state index in [1.54, 1.807) is 54.3 Å². The summed E-state index contributed by atoms with van der Waals surface area (Å²) in [6.07, 6.45) is 5.39. The minimum Gasteiger partial charge on any atom is -0.480 e. The van der Waals surface area contributed by atoms with Crippen LogP contribution in [0, 0.1) is 11.3 Å². The molecule has 0 unspecified atom stereocenters. The predicted octanol–water partition coefficient (Wildman–Crippen LogP) is 2.80. The summed E-state index contributed by atoms with van der Waals surface area (Å²) in [5, 5.41) is 16.2. The topological polar surface area (TPSA) is 92.8 Å². The van der Waals surface area contributed by atoms with E-state index in [9.17, 15) is 4.79 Å². The fraction of sp³-hybridized carbons (Fsp3) is 0.200. The largest absolute Gasteiger partial charge is 0.480 e. The van der Waals surface area contributed by atoms with E-state index in [0.717, 1.165) is 6.42 Å². The number of para-hydroxylation sites is 1. The van der Waals surface area contributed by atoms with Gasteiger partial charge >= 0.3 is 0 Å². The fourth-order valence-corrected chi connectivity index (χ4v) is 2.48. The van der Waals surface area contributed by atoms with Crippen LogP contribution in [0.2, 0.25) is 0 Å². The lowest BCUT2D eigenvalue weighted by atomic mass is 10.2. The molecule has 1 atom stereocenters. The molecule has 0 saturated heterocycles. The molecule has 0 spiro atoms. The molecule has 7 nitrogen and oxygen atoms in total. The molecule has 0 aliphatic carbocycles. The van der Waals surface area contributed by atoms with Crippen LogP contribution >= 0.6 is 0 Å². The van der Waals surface area contributed by atoms with Crippen LogP contribution < -0.4 is 10.1 Å². The SMILES string of the molecule is C[C@H](Oc1ccccc1C#N)C(=O)Nc1ccn(CCc2ccncc2)n1.